The molecule has 0 aliphatic heterocycles. The van der Waals surface area contributed by atoms with E-state index in [1.165, 1.54) is 0 Å². The molecular formula is C10H18N4O. The molecule has 1 rings (SSSR count). The largest absolute Gasteiger partial charge is 0.389 e. The van der Waals surface area contributed by atoms with Crippen molar-refractivity contribution in [2.75, 3.05) is 17.6 Å². The number of nitrogens with zero attached hydrogens (tertiary/aromatic N) is 2. The predicted octanol–water partition coefficient (Wildman–Crippen LogP) is 0.858. The minimum absolute atomic E-state index is 0.420. The highest BCUT2D eigenvalue weighted by molar-refractivity contribution is 5.54. The molecule has 0 saturated carbocycles. The Balaban J connectivity index is 2.86. The number of aromatic nitrogens is 2. The number of nitrogens with one attached hydrogen (secondary N) is 1. The van der Waals surface area contributed by atoms with Crippen LogP contribution in [0.1, 0.15) is 25.2 Å². The van der Waals surface area contributed by atoms with E-state index in [9.17, 15) is 5.11 Å². The van der Waals surface area contributed by atoms with Crippen molar-refractivity contribution in [3.8, 4) is 0 Å². The first-order valence-corrected chi connectivity index (χ1v) is 4.86. The third-order valence-electron chi connectivity index (χ3n) is 1.98. The van der Waals surface area contributed by atoms with Gasteiger partial charge >= 0.3 is 0 Å². The zero-order valence-electron chi connectivity index (χ0n) is 9.63. The van der Waals surface area contributed by atoms with E-state index in [1.54, 1.807) is 20.8 Å². The first-order chi connectivity index (χ1) is 6.79. The summed E-state index contributed by atoms with van der Waals surface area (Å²) in [4.78, 5) is 8.27. The van der Waals surface area contributed by atoms with Gasteiger partial charge in [-0.1, -0.05) is 0 Å². The van der Waals surface area contributed by atoms with Crippen molar-refractivity contribution in [3.05, 3.63) is 11.4 Å². The molecular weight excluding hydrogens is 192 g/mol. The van der Waals surface area contributed by atoms with E-state index in [2.05, 4.69) is 15.3 Å². The van der Waals surface area contributed by atoms with Crippen molar-refractivity contribution >= 4 is 11.6 Å². The van der Waals surface area contributed by atoms with Crippen LogP contribution in [0.25, 0.3) is 0 Å². The van der Waals surface area contributed by atoms with Crippen molar-refractivity contribution in [1.29, 1.82) is 0 Å². The lowest BCUT2D eigenvalue weighted by Gasteiger charge is -2.19. The number of rotatable bonds is 3. The van der Waals surface area contributed by atoms with Gasteiger partial charge in [0.15, 0.2) is 0 Å². The number of hydrogen-bond donors (Lipinski definition) is 3. The van der Waals surface area contributed by atoms with Crippen molar-refractivity contribution in [1.82, 2.24) is 9.97 Å². The molecule has 0 unspecified atom stereocenters. The lowest BCUT2D eigenvalue weighted by Crippen LogP contribution is -2.30. The second kappa shape index (κ2) is 4.02. The zero-order valence-corrected chi connectivity index (χ0v) is 9.63. The number of hydrogen-bond acceptors (Lipinski definition) is 5. The molecule has 15 heavy (non-hydrogen) atoms. The van der Waals surface area contributed by atoms with Gasteiger partial charge in [-0.15, -0.1) is 0 Å². The molecule has 0 aromatic carbocycles. The molecule has 5 heteroatoms. The van der Waals surface area contributed by atoms with Crippen LogP contribution in [-0.2, 0) is 0 Å². The monoisotopic (exact) mass is 210 g/mol. The Morgan fingerprint density at radius 2 is 1.93 bits per heavy atom. The lowest BCUT2D eigenvalue weighted by atomic mass is 10.1. The zero-order chi connectivity index (χ0) is 11.6. The van der Waals surface area contributed by atoms with Crippen LogP contribution >= 0.6 is 0 Å². The number of nitrogens with two attached hydrogens (primary N) is 1. The second-order valence-corrected chi connectivity index (χ2v) is 4.30. The number of nitrogen functional groups attached to an aromatic ring is 1. The molecule has 5 nitrogen and oxygen atoms in total. The van der Waals surface area contributed by atoms with Crippen LogP contribution in [0, 0.1) is 13.8 Å². The fraction of sp³-hybridized carbons (Fsp3) is 0.600. The molecule has 1 heterocycles. The summed E-state index contributed by atoms with van der Waals surface area (Å²) in [5.41, 5.74) is 5.74. The summed E-state index contributed by atoms with van der Waals surface area (Å²) in [6, 6.07) is 0. The lowest BCUT2D eigenvalue weighted by molar-refractivity contribution is 0.0944. The van der Waals surface area contributed by atoms with Crippen LogP contribution in [0.2, 0.25) is 0 Å². The quantitative estimate of drug-likeness (QED) is 0.689. The van der Waals surface area contributed by atoms with Crippen molar-refractivity contribution in [2.24, 2.45) is 0 Å². The van der Waals surface area contributed by atoms with Gasteiger partial charge in [-0.2, -0.15) is 0 Å². The number of anilines is 2. The molecule has 84 valence electrons. The van der Waals surface area contributed by atoms with Crippen LogP contribution in [0.15, 0.2) is 0 Å². The minimum Gasteiger partial charge on any atom is -0.389 e. The predicted molar refractivity (Wildman–Crippen MR) is 60.7 cm³/mol. The van der Waals surface area contributed by atoms with Gasteiger partial charge < -0.3 is 16.2 Å². The van der Waals surface area contributed by atoms with Crippen LogP contribution in [0.3, 0.4) is 0 Å². The molecule has 0 aliphatic carbocycles. The molecule has 0 fully saturated rings. The molecule has 1 aromatic rings. The molecule has 1 aromatic heterocycles. The average molecular weight is 210 g/mol. The standard InChI is InChI=1S/C10H18N4O/c1-6-8(11)13-7(2)14-9(6)12-5-10(3,4)15/h15H,5H2,1-4H3,(H3,11,12,13,14). The third kappa shape index (κ3) is 3.36. The van der Waals surface area contributed by atoms with Crippen LogP contribution in [0.4, 0.5) is 11.6 Å². The number of aryl methyl sites for hydroxylation is 1. The topological polar surface area (TPSA) is 84.1 Å². The highest BCUT2D eigenvalue weighted by Gasteiger charge is 2.14. The SMILES string of the molecule is Cc1nc(N)c(C)c(NCC(C)(C)O)n1. The summed E-state index contributed by atoms with van der Waals surface area (Å²) in [6.07, 6.45) is 0. The Morgan fingerprint density at radius 3 is 2.47 bits per heavy atom. The Hall–Kier alpha value is -1.36. The van der Waals surface area contributed by atoms with E-state index in [1.807, 2.05) is 6.92 Å². The highest BCUT2D eigenvalue weighted by Crippen LogP contribution is 2.17. The molecule has 0 atom stereocenters. The smallest absolute Gasteiger partial charge is 0.134 e. The fourth-order valence-corrected chi connectivity index (χ4v) is 1.12. The average Bonchev–Trinajstić information content (AvgIpc) is 2.07. The number of aliphatic hydroxyl groups is 1. The fourth-order valence-electron chi connectivity index (χ4n) is 1.12. The Kier molecular flexibility index (Phi) is 3.14. The Bertz CT molecular complexity index is 357. The molecule has 0 aliphatic rings. The minimum atomic E-state index is -0.778. The molecule has 0 amide bonds. The second-order valence-electron chi connectivity index (χ2n) is 4.30. The summed E-state index contributed by atoms with van der Waals surface area (Å²) in [5.74, 6) is 1.78. The molecule has 0 bridgehead atoms. The van der Waals surface area contributed by atoms with E-state index in [-0.39, 0.29) is 0 Å². The maximum Gasteiger partial charge on any atom is 0.134 e. The molecule has 4 N–H and O–H groups in total. The van der Waals surface area contributed by atoms with E-state index in [4.69, 9.17) is 5.73 Å². The van der Waals surface area contributed by atoms with Crippen molar-refractivity contribution in [2.45, 2.75) is 33.3 Å². The van der Waals surface area contributed by atoms with Gasteiger partial charge in [-0.25, -0.2) is 9.97 Å². The van der Waals surface area contributed by atoms with E-state index in [0.29, 0.717) is 24.0 Å². The molecule has 0 radical (unpaired) electrons. The maximum absolute atomic E-state index is 9.57. The maximum atomic E-state index is 9.57. The van der Waals surface area contributed by atoms with Crippen molar-refractivity contribution in [3.63, 3.8) is 0 Å². The van der Waals surface area contributed by atoms with Crippen LogP contribution in [-0.4, -0.2) is 27.2 Å². The first kappa shape index (κ1) is 11.7. The third-order valence-corrected chi connectivity index (χ3v) is 1.98. The summed E-state index contributed by atoms with van der Waals surface area (Å²) >= 11 is 0. The Labute approximate surface area is 89.7 Å². The first-order valence-electron chi connectivity index (χ1n) is 4.86. The normalized spacial score (nSPS) is 11.5. The van der Waals surface area contributed by atoms with Gasteiger partial charge in [0.1, 0.15) is 17.5 Å². The van der Waals surface area contributed by atoms with E-state index in [0.717, 1.165) is 5.56 Å². The molecule has 0 saturated heterocycles. The van der Waals surface area contributed by atoms with E-state index >= 15 is 0 Å². The van der Waals surface area contributed by atoms with Gasteiger partial charge in [0.2, 0.25) is 0 Å². The highest BCUT2D eigenvalue weighted by atomic mass is 16.3. The summed E-state index contributed by atoms with van der Waals surface area (Å²) in [6.45, 7) is 7.51. The van der Waals surface area contributed by atoms with Crippen LogP contribution in [0.5, 0.6) is 0 Å². The van der Waals surface area contributed by atoms with Crippen LogP contribution < -0.4 is 11.1 Å². The van der Waals surface area contributed by atoms with Gasteiger partial charge in [0.05, 0.1) is 5.60 Å². The van der Waals surface area contributed by atoms with Gasteiger partial charge in [0, 0.05) is 12.1 Å². The molecule has 0 spiro atoms. The van der Waals surface area contributed by atoms with Gasteiger partial charge in [-0.05, 0) is 27.7 Å². The van der Waals surface area contributed by atoms with Gasteiger partial charge in [-0.3, -0.25) is 0 Å². The Morgan fingerprint density at radius 1 is 1.33 bits per heavy atom. The van der Waals surface area contributed by atoms with Crippen molar-refractivity contribution < 1.29 is 5.11 Å². The summed E-state index contributed by atoms with van der Waals surface area (Å²) in [7, 11) is 0. The summed E-state index contributed by atoms with van der Waals surface area (Å²) < 4.78 is 0. The summed E-state index contributed by atoms with van der Waals surface area (Å²) in [5, 5.41) is 12.6. The van der Waals surface area contributed by atoms with E-state index < -0.39 is 5.60 Å². The van der Waals surface area contributed by atoms with Gasteiger partial charge in [0.25, 0.3) is 0 Å².